The summed E-state index contributed by atoms with van der Waals surface area (Å²) < 4.78 is 0. The fourth-order valence-electron chi connectivity index (χ4n) is 2.49. The van der Waals surface area contributed by atoms with E-state index in [0.29, 0.717) is 5.92 Å². The molecular weight excluding hydrogens is 196 g/mol. The molecule has 0 unspecified atom stereocenters. The molecule has 1 aliphatic carbocycles. The second kappa shape index (κ2) is 4.06. The van der Waals surface area contributed by atoms with Gasteiger partial charge in [-0.15, -0.1) is 0 Å². The number of hydrogen-bond acceptors (Lipinski definition) is 1. The van der Waals surface area contributed by atoms with Crippen molar-refractivity contribution >= 4 is 0 Å². The maximum Gasteiger partial charge on any atom is 0.0639 e. The van der Waals surface area contributed by atoms with Crippen molar-refractivity contribution in [2.24, 2.45) is 11.3 Å². The fourth-order valence-corrected chi connectivity index (χ4v) is 2.49. The molecule has 3 atom stereocenters. The van der Waals surface area contributed by atoms with Gasteiger partial charge in [0.15, 0.2) is 0 Å². The van der Waals surface area contributed by atoms with Crippen molar-refractivity contribution < 1.29 is 5.11 Å². The molecule has 1 fully saturated rings. The maximum atomic E-state index is 10.2. The lowest BCUT2D eigenvalue weighted by Gasteiger charge is -2.18. The van der Waals surface area contributed by atoms with E-state index in [1.54, 1.807) is 0 Å². The summed E-state index contributed by atoms with van der Waals surface area (Å²) in [5.41, 5.74) is 2.46. The third-order valence-electron chi connectivity index (χ3n) is 4.27. The van der Waals surface area contributed by atoms with E-state index < -0.39 is 0 Å². The summed E-state index contributed by atoms with van der Waals surface area (Å²) in [7, 11) is 0. The van der Waals surface area contributed by atoms with E-state index in [2.05, 4.69) is 32.6 Å². The highest BCUT2D eigenvalue weighted by molar-refractivity contribution is 5.35. The summed E-state index contributed by atoms with van der Waals surface area (Å²) in [4.78, 5) is 0. The Morgan fingerprint density at radius 3 is 2.44 bits per heavy atom. The van der Waals surface area contributed by atoms with Crippen LogP contribution in [-0.4, -0.2) is 11.2 Å². The van der Waals surface area contributed by atoms with Gasteiger partial charge in [-0.1, -0.05) is 56.3 Å². The van der Waals surface area contributed by atoms with Crippen LogP contribution in [0.4, 0.5) is 0 Å². The molecule has 0 amide bonds. The Bertz CT molecular complexity index is 382. The van der Waals surface area contributed by atoms with E-state index in [1.807, 2.05) is 18.2 Å². The van der Waals surface area contributed by atoms with Gasteiger partial charge in [-0.05, 0) is 24.3 Å². The second-order valence-electron chi connectivity index (χ2n) is 5.07. The van der Waals surface area contributed by atoms with Crippen LogP contribution in [0, 0.1) is 11.3 Å². The Morgan fingerprint density at radius 1 is 1.38 bits per heavy atom. The smallest absolute Gasteiger partial charge is 0.0639 e. The summed E-state index contributed by atoms with van der Waals surface area (Å²) in [6.07, 6.45) is 1.51. The van der Waals surface area contributed by atoms with Crippen LogP contribution >= 0.6 is 0 Å². The molecule has 1 N–H and O–H groups in total. The highest BCUT2D eigenvalue weighted by atomic mass is 16.3. The summed E-state index contributed by atoms with van der Waals surface area (Å²) >= 11 is 0. The number of aliphatic hydroxyl groups excluding tert-OH is 1. The van der Waals surface area contributed by atoms with Crippen LogP contribution in [0.3, 0.4) is 0 Å². The molecule has 0 spiro atoms. The van der Waals surface area contributed by atoms with E-state index in [-0.39, 0.29) is 11.5 Å². The number of rotatable bonds is 4. The molecule has 0 radical (unpaired) electrons. The molecule has 0 bridgehead atoms. The fraction of sp³-hybridized carbons (Fsp3) is 0.467. The molecule has 1 aliphatic rings. The molecule has 86 valence electrons. The first-order valence-corrected chi connectivity index (χ1v) is 5.98. The summed E-state index contributed by atoms with van der Waals surface area (Å²) in [6, 6.07) is 10.3. The van der Waals surface area contributed by atoms with Crippen molar-refractivity contribution in [1.82, 2.24) is 0 Å². The van der Waals surface area contributed by atoms with Crippen molar-refractivity contribution in [3.05, 3.63) is 48.0 Å². The molecule has 1 saturated carbocycles. The van der Waals surface area contributed by atoms with Crippen LogP contribution in [0.2, 0.25) is 0 Å². The van der Waals surface area contributed by atoms with Crippen LogP contribution in [-0.2, 0) is 6.42 Å². The van der Waals surface area contributed by atoms with Crippen LogP contribution in [0.1, 0.15) is 25.8 Å². The zero-order chi connectivity index (χ0) is 11.8. The summed E-state index contributed by atoms with van der Waals surface area (Å²) in [5, 5.41) is 10.2. The van der Waals surface area contributed by atoms with Gasteiger partial charge < -0.3 is 5.11 Å². The van der Waals surface area contributed by atoms with Gasteiger partial charge in [-0.2, -0.15) is 0 Å². The van der Waals surface area contributed by atoms with Gasteiger partial charge in [0.05, 0.1) is 6.10 Å². The lowest BCUT2D eigenvalue weighted by Crippen LogP contribution is -2.21. The van der Waals surface area contributed by atoms with Gasteiger partial charge >= 0.3 is 0 Å². The Kier molecular flexibility index (Phi) is 2.90. The van der Waals surface area contributed by atoms with E-state index in [9.17, 15) is 5.11 Å². The van der Waals surface area contributed by atoms with Crippen molar-refractivity contribution in [2.75, 3.05) is 0 Å². The third kappa shape index (κ3) is 1.80. The van der Waals surface area contributed by atoms with Gasteiger partial charge in [0.2, 0.25) is 0 Å². The zero-order valence-corrected chi connectivity index (χ0v) is 10.1. The molecule has 1 aromatic rings. The standard InChI is InChI=1S/C15H20O/c1-11-12(2)15(11,3)14(16)10-9-13-7-5-4-6-8-13/h4-8,12,14,16H,1,9-10H2,2-3H3/t12-,14-,15-/m1/s1. The summed E-state index contributed by atoms with van der Waals surface area (Å²) in [5.74, 6) is 0.471. The molecule has 0 aliphatic heterocycles. The molecule has 0 heterocycles. The average Bonchev–Trinajstić information content (AvgIpc) is 2.80. The lowest BCUT2D eigenvalue weighted by atomic mass is 9.93. The van der Waals surface area contributed by atoms with Crippen molar-refractivity contribution in [3.63, 3.8) is 0 Å². The SMILES string of the molecule is C=C1[C@@H](C)[C@]1(C)[C@H](O)CCc1ccccc1. The minimum atomic E-state index is -0.254. The first-order chi connectivity index (χ1) is 7.56. The van der Waals surface area contributed by atoms with Gasteiger partial charge in [0, 0.05) is 5.41 Å². The van der Waals surface area contributed by atoms with E-state index >= 15 is 0 Å². The molecule has 0 aromatic heterocycles. The summed E-state index contributed by atoms with van der Waals surface area (Å²) in [6.45, 7) is 8.28. The van der Waals surface area contributed by atoms with Crippen molar-refractivity contribution in [3.8, 4) is 0 Å². The molecule has 0 saturated heterocycles. The largest absolute Gasteiger partial charge is 0.392 e. The highest BCUT2D eigenvalue weighted by Gasteiger charge is 2.55. The molecule has 2 rings (SSSR count). The quantitative estimate of drug-likeness (QED) is 0.766. The van der Waals surface area contributed by atoms with E-state index in [0.717, 1.165) is 12.8 Å². The zero-order valence-electron chi connectivity index (χ0n) is 10.1. The number of benzene rings is 1. The van der Waals surface area contributed by atoms with Crippen LogP contribution in [0.5, 0.6) is 0 Å². The Morgan fingerprint density at radius 2 is 1.94 bits per heavy atom. The molecule has 16 heavy (non-hydrogen) atoms. The lowest BCUT2D eigenvalue weighted by molar-refractivity contribution is 0.0922. The number of aliphatic hydroxyl groups is 1. The number of hydrogen-bond donors (Lipinski definition) is 1. The first kappa shape index (κ1) is 11.4. The third-order valence-corrected chi connectivity index (χ3v) is 4.27. The highest BCUT2D eigenvalue weighted by Crippen LogP contribution is 2.59. The van der Waals surface area contributed by atoms with E-state index in [1.165, 1.54) is 11.1 Å². The monoisotopic (exact) mass is 216 g/mol. The van der Waals surface area contributed by atoms with Crippen molar-refractivity contribution in [1.29, 1.82) is 0 Å². The van der Waals surface area contributed by atoms with Crippen LogP contribution in [0.15, 0.2) is 42.5 Å². The van der Waals surface area contributed by atoms with Gasteiger partial charge in [-0.25, -0.2) is 0 Å². The Hall–Kier alpha value is -1.08. The normalized spacial score (nSPS) is 30.2. The molecular formula is C15H20O. The average molecular weight is 216 g/mol. The predicted molar refractivity (Wildman–Crippen MR) is 67.2 cm³/mol. The van der Waals surface area contributed by atoms with Gasteiger partial charge in [0.1, 0.15) is 0 Å². The maximum absolute atomic E-state index is 10.2. The Labute approximate surface area is 97.8 Å². The van der Waals surface area contributed by atoms with Crippen LogP contribution in [0.25, 0.3) is 0 Å². The van der Waals surface area contributed by atoms with E-state index in [4.69, 9.17) is 0 Å². The molecule has 1 heteroatoms. The molecule has 1 aromatic carbocycles. The van der Waals surface area contributed by atoms with Gasteiger partial charge in [-0.3, -0.25) is 0 Å². The predicted octanol–water partition coefficient (Wildman–Crippen LogP) is 3.19. The Balaban J connectivity index is 1.90. The second-order valence-corrected chi connectivity index (χ2v) is 5.07. The van der Waals surface area contributed by atoms with Gasteiger partial charge in [0.25, 0.3) is 0 Å². The first-order valence-electron chi connectivity index (χ1n) is 5.98. The minimum absolute atomic E-state index is 0.0330. The molecule has 1 nitrogen and oxygen atoms in total. The van der Waals surface area contributed by atoms with Crippen LogP contribution < -0.4 is 0 Å². The van der Waals surface area contributed by atoms with Crippen molar-refractivity contribution in [2.45, 2.75) is 32.8 Å². The minimum Gasteiger partial charge on any atom is -0.392 e. The number of aryl methyl sites for hydroxylation is 1. The topological polar surface area (TPSA) is 20.2 Å².